The molecule has 5 heteroatoms. The van der Waals surface area contributed by atoms with Crippen molar-refractivity contribution in [2.75, 3.05) is 0 Å². The first-order chi connectivity index (χ1) is 10.4. The quantitative estimate of drug-likeness (QED) is 0.621. The van der Waals surface area contributed by atoms with Gasteiger partial charge in [0.2, 0.25) is 0 Å². The van der Waals surface area contributed by atoms with E-state index in [9.17, 15) is 5.11 Å². The Labute approximate surface area is 130 Å². The lowest BCUT2D eigenvalue weighted by atomic mass is 10.1. The fourth-order valence-electron chi connectivity index (χ4n) is 1.58. The number of phenols is 2. The summed E-state index contributed by atoms with van der Waals surface area (Å²) in [6, 6.07) is 15.3. The summed E-state index contributed by atoms with van der Waals surface area (Å²) in [4.78, 5) is 8.56. The number of carbonyl (C=O) groups is 1. The number of phenolic OH excluding ortho intramolecular Hbond substituents is 2. The molecule has 5 nitrogen and oxygen atoms in total. The minimum absolute atomic E-state index is 0.0225. The Morgan fingerprint density at radius 3 is 1.91 bits per heavy atom. The lowest BCUT2D eigenvalue weighted by Crippen LogP contribution is -1.83. The number of aryl methyl sites for hydroxylation is 2. The minimum atomic E-state index is -1.83. The van der Waals surface area contributed by atoms with E-state index in [2.05, 4.69) is 19.1 Å². The summed E-state index contributed by atoms with van der Waals surface area (Å²) in [5, 5.41) is 32.3. The maximum atomic E-state index is 9.28. The molecule has 0 aliphatic carbocycles. The molecule has 22 heavy (non-hydrogen) atoms. The van der Waals surface area contributed by atoms with Gasteiger partial charge in [0.15, 0.2) is 11.5 Å². The van der Waals surface area contributed by atoms with Crippen LogP contribution in [0.2, 0.25) is 0 Å². The van der Waals surface area contributed by atoms with Crippen LogP contribution in [-0.2, 0) is 6.42 Å². The van der Waals surface area contributed by atoms with Gasteiger partial charge in [0.1, 0.15) is 0 Å². The summed E-state index contributed by atoms with van der Waals surface area (Å²) in [5.41, 5.74) is 2.13. The SMILES string of the molecule is CCCc1cccc(O)c1O.Cc1ccccc1.O=C(O)O. The first-order valence-corrected chi connectivity index (χ1v) is 6.81. The molecule has 2 aromatic carbocycles. The van der Waals surface area contributed by atoms with E-state index in [1.54, 1.807) is 6.07 Å². The zero-order valence-electron chi connectivity index (χ0n) is 12.7. The van der Waals surface area contributed by atoms with E-state index < -0.39 is 6.16 Å². The molecule has 0 radical (unpaired) electrons. The average molecular weight is 306 g/mol. The van der Waals surface area contributed by atoms with Crippen LogP contribution in [0.1, 0.15) is 24.5 Å². The lowest BCUT2D eigenvalue weighted by Gasteiger charge is -2.03. The number of carboxylic acid groups (broad SMARTS) is 2. The van der Waals surface area contributed by atoms with Crippen molar-refractivity contribution in [3.8, 4) is 11.5 Å². The van der Waals surface area contributed by atoms with Crippen LogP contribution in [0.5, 0.6) is 11.5 Å². The van der Waals surface area contributed by atoms with Crippen molar-refractivity contribution in [1.29, 1.82) is 0 Å². The van der Waals surface area contributed by atoms with Crippen LogP contribution in [-0.4, -0.2) is 26.6 Å². The highest BCUT2D eigenvalue weighted by atomic mass is 16.6. The second-order valence-electron chi connectivity index (χ2n) is 4.47. The third-order valence-corrected chi connectivity index (χ3v) is 2.56. The molecule has 0 atom stereocenters. The minimum Gasteiger partial charge on any atom is -0.504 e. The van der Waals surface area contributed by atoms with Gasteiger partial charge in [0.05, 0.1) is 0 Å². The van der Waals surface area contributed by atoms with E-state index in [1.165, 1.54) is 11.6 Å². The second kappa shape index (κ2) is 11.0. The van der Waals surface area contributed by atoms with Gasteiger partial charge in [-0.3, -0.25) is 0 Å². The molecule has 0 heterocycles. The molecule has 0 aromatic heterocycles. The van der Waals surface area contributed by atoms with Crippen molar-refractivity contribution in [3.05, 3.63) is 59.7 Å². The topological polar surface area (TPSA) is 98.0 Å². The molecule has 0 amide bonds. The van der Waals surface area contributed by atoms with Crippen molar-refractivity contribution < 1.29 is 25.2 Å². The Balaban J connectivity index is 0.000000343. The highest BCUT2D eigenvalue weighted by Gasteiger charge is 2.02. The molecule has 2 rings (SSSR count). The van der Waals surface area contributed by atoms with E-state index in [0.29, 0.717) is 0 Å². The van der Waals surface area contributed by atoms with Crippen LogP contribution in [0.15, 0.2) is 48.5 Å². The Hall–Kier alpha value is -2.69. The van der Waals surface area contributed by atoms with Crippen molar-refractivity contribution in [2.45, 2.75) is 26.7 Å². The molecular formula is C17H22O5. The van der Waals surface area contributed by atoms with Gasteiger partial charge in [0.25, 0.3) is 0 Å². The average Bonchev–Trinajstić information content (AvgIpc) is 2.45. The second-order valence-corrected chi connectivity index (χ2v) is 4.47. The van der Waals surface area contributed by atoms with Gasteiger partial charge in [-0.1, -0.05) is 61.4 Å². The number of hydrogen-bond acceptors (Lipinski definition) is 3. The largest absolute Gasteiger partial charge is 0.504 e. The number of aromatic hydroxyl groups is 2. The highest BCUT2D eigenvalue weighted by Crippen LogP contribution is 2.28. The van der Waals surface area contributed by atoms with E-state index in [-0.39, 0.29) is 11.5 Å². The number of para-hydroxylation sites is 1. The van der Waals surface area contributed by atoms with Gasteiger partial charge in [-0.2, -0.15) is 0 Å². The Kier molecular flexibility index (Phi) is 9.67. The van der Waals surface area contributed by atoms with Gasteiger partial charge in [-0.05, 0) is 25.0 Å². The molecule has 4 N–H and O–H groups in total. The summed E-state index contributed by atoms with van der Waals surface area (Å²) >= 11 is 0. The molecule has 0 saturated heterocycles. The number of hydrogen-bond donors (Lipinski definition) is 4. The molecule has 0 aliphatic heterocycles. The normalized spacial score (nSPS) is 8.82. The lowest BCUT2D eigenvalue weighted by molar-refractivity contribution is 0.137. The molecule has 0 bridgehead atoms. The van der Waals surface area contributed by atoms with Crippen LogP contribution < -0.4 is 0 Å². The predicted molar refractivity (Wildman–Crippen MR) is 85.6 cm³/mol. The molecule has 2 aromatic rings. The van der Waals surface area contributed by atoms with E-state index in [4.69, 9.17) is 20.1 Å². The van der Waals surface area contributed by atoms with Crippen molar-refractivity contribution >= 4 is 6.16 Å². The zero-order valence-corrected chi connectivity index (χ0v) is 12.7. The van der Waals surface area contributed by atoms with Gasteiger partial charge < -0.3 is 20.4 Å². The van der Waals surface area contributed by atoms with Crippen molar-refractivity contribution in [1.82, 2.24) is 0 Å². The van der Waals surface area contributed by atoms with Crippen LogP contribution in [0.4, 0.5) is 4.79 Å². The summed E-state index contributed by atoms with van der Waals surface area (Å²) in [6.45, 7) is 4.11. The zero-order chi connectivity index (χ0) is 17.0. The van der Waals surface area contributed by atoms with Gasteiger partial charge in [0, 0.05) is 0 Å². The predicted octanol–water partition coefficient (Wildman–Crippen LogP) is 4.27. The number of rotatable bonds is 2. The Morgan fingerprint density at radius 2 is 1.50 bits per heavy atom. The first-order valence-electron chi connectivity index (χ1n) is 6.81. The van der Waals surface area contributed by atoms with Gasteiger partial charge in [-0.25, -0.2) is 4.79 Å². The Bertz CT molecular complexity index is 548. The molecule has 0 saturated carbocycles. The summed E-state index contributed by atoms with van der Waals surface area (Å²) in [5.74, 6) is -0.00898. The molecule has 0 aliphatic rings. The van der Waals surface area contributed by atoms with E-state index in [0.717, 1.165) is 18.4 Å². The molecule has 0 unspecified atom stereocenters. The summed E-state index contributed by atoms with van der Waals surface area (Å²) < 4.78 is 0. The van der Waals surface area contributed by atoms with E-state index in [1.807, 2.05) is 31.2 Å². The van der Waals surface area contributed by atoms with Crippen LogP contribution in [0.25, 0.3) is 0 Å². The van der Waals surface area contributed by atoms with Crippen molar-refractivity contribution in [3.63, 3.8) is 0 Å². The van der Waals surface area contributed by atoms with Gasteiger partial charge >= 0.3 is 6.16 Å². The van der Waals surface area contributed by atoms with Gasteiger partial charge in [-0.15, -0.1) is 0 Å². The van der Waals surface area contributed by atoms with Crippen molar-refractivity contribution in [2.24, 2.45) is 0 Å². The number of benzene rings is 2. The maximum Gasteiger partial charge on any atom is 0.503 e. The maximum absolute atomic E-state index is 9.28. The molecule has 0 spiro atoms. The first kappa shape index (κ1) is 19.3. The highest BCUT2D eigenvalue weighted by molar-refractivity contribution is 5.53. The molecular weight excluding hydrogens is 284 g/mol. The monoisotopic (exact) mass is 306 g/mol. The fourth-order valence-corrected chi connectivity index (χ4v) is 1.58. The third-order valence-electron chi connectivity index (χ3n) is 2.56. The summed E-state index contributed by atoms with van der Waals surface area (Å²) in [7, 11) is 0. The van der Waals surface area contributed by atoms with Crippen LogP contribution in [0, 0.1) is 6.92 Å². The third kappa shape index (κ3) is 9.25. The summed E-state index contributed by atoms with van der Waals surface area (Å²) in [6.07, 6.45) is -0.0583. The van der Waals surface area contributed by atoms with E-state index >= 15 is 0 Å². The standard InChI is InChI=1S/C9H12O2.C7H8.CH2O3/c1-2-4-7-5-3-6-8(10)9(7)11;1-7-5-3-2-4-6-7;2-1(3)4/h3,5-6,10-11H,2,4H2,1H3;2-6H,1H3;(H2,2,3,4). The molecule has 120 valence electrons. The Morgan fingerprint density at radius 1 is 0.955 bits per heavy atom. The van der Waals surface area contributed by atoms with Crippen LogP contribution in [0.3, 0.4) is 0 Å². The smallest absolute Gasteiger partial charge is 0.503 e. The van der Waals surface area contributed by atoms with Crippen LogP contribution >= 0.6 is 0 Å². The molecule has 0 fully saturated rings. The fraction of sp³-hybridized carbons (Fsp3) is 0.235.